The van der Waals surface area contributed by atoms with E-state index in [2.05, 4.69) is 4.52 Å². The number of hydrogen-bond donors (Lipinski definition) is 2. The number of carbonyl (C=O) groups excluding carboxylic acids is 1. The Bertz CT molecular complexity index is 190. The first-order chi connectivity index (χ1) is 4.83. The Labute approximate surface area is 118 Å². The third kappa shape index (κ3) is 13.5. The molecule has 2 unspecified atom stereocenters. The molecule has 0 amide bonds. The van der Waals surface area contributed by atoms with Gasteiger partial charge in [-0.25, -0.2) is 0 Å². The summed E-state index contributed by atoms with van der Waals surface area (Å²) in [7, 11) is -4.96. The van der Waals surface area contributed by atoms with Gasteiger partial charge in [0.15, 0.2) is 0 Å². The SMILES string of the molecule is O=C([O-])C(O)COP(=O)([O-])O.[Na+].[Na+]. The first-order valence-electron chi connectivity index (χ1n) is 2.40. The van der Waals surface area contributed by atoms with Crippen LogP contribution in [-0.4, -0.2) is 28.7 Å². The van der Waals surface area contributed by atoms with E-state index in [4.69, 9.17) is 10.00 Å². The fourth-order valence-electron chi connectivity index (χ4n) is 0.233. The summed E-state index contributed by atoms with van der Waals surface area (Å²) >= 11 is 0. The van der Waals surface area contributed by atoms with Crippen molar-refractivity contribution in [3.05, 3.63) is 0 Å². The molecule has 0 aromatic carbocycles. The maximum atomic E-state index is 9.79. The number of carboxylic acid groups (broad SMARTS) is 1. The van der Waals surface area contributed by atoms with Crippen LogP contribution >= 0.6 is 7.82 Å². The van der Waals surface area contributed by atoms with Crippen LogP contribution in [-0.2, 0) is 13.9 Å². The molecule has 0 aliphatic heterocycles. The molecule has 0 fully saturated rings. The normalized spacial score (nSPS) is 15.9. The number of aliphatic carboxylic acids is 1. The van der Waals surface area contributed by atoms with Gasteiger partial charge in [-0.1, -0.05) is 0 Å². The van der Waals surface area contributed by atoms with Gasteiger partial charge in [-0.15, -0.1) is 0 Å². The van der Waals surface area contributed by atoms with E-state index in [0.29, 0.717) is 0 Å². The fourth-order valence-corrected chi connectivity index (χ4v) is 0.562. The molecule has 0 spiro atoms. The Morgan fingerprint density at radius 2 is 1.92 bits per heavy atom. The molecule has 0 saturated carbocycles. The second-order valence-electron chi connectivity index (χ2n) is 1.60. The largest absolute Gasteiger partial charge is 1.00 e. The van der Waals surface area contributed by atoms with Crippen molar-refractivity contribution in [2.45, 2.75) is 6.10 Å². The quantitative estimate of drug-likeness (QED) is 0.362. The van der Waals surface area contributed by atoms with E-state index in [1.807, 2.05) is 0 Å². The number of aliphatic hydroxyl groups is 1. The number of rotatable bonds is 4. The molecule has 0 aliphatic carbocycles. The van der Waals surface area contributed by atoms with Crippen molar-refractivity contribution in [1.29, 1.82) is 0 Å². The number of carboxylic acids is 1. The molecule has 0 rings (SSSR count). The van der Waals surface area contributed by atoms with Crippen molar-refractivity contribution in [1.82, 2.24) is 0 Å². The predicted molar refractivity (Wildman–Crippen MR) is 26.8 cm³/mol. The van der Waals surface area contributed by atoms with E-state index < -0.39 is 26.5 Å². The van der Waals surface area contributed by atoms with Crippen LogP contribution in [0.4, 0.5) is 0 Å². The van der Waals surface area contributed by atoms with E-state index >= 15 is 0 Å². The Kier molecular flexibility index (Phi) is 13.6. The summed E-state index contributed by atoms with van der Waals surface area (Å²) in [6.45, 7) is -1.06. The van der Waals surface area contributed by atoms with Crippen LogP contribution in [0.2, 0.25) is 0 Å². The van der Waals surface area contributed by atoms with Crippen LogP contribution in [0.5, 0.6) is 0 Å². The monoisotopic (exact) mass is 230 g/mol. The molecule has 0 radical (unpaired) electrons. The van der Waals surface area contributed by atoms with Crippen LogP contribution in [0.25, 0.3) is 0 Å². The number of hydrogen-bond acceptors (Lipinski definition) is 6. The van der Waals surface area contributed by atoms with Crippen LogP contribution in [0.3, 0.4) is 0 Å². The number of aliphatic hydroxyl groups excluding tert-OH is 1. The van der Waals surface area contributed by atoms with Gasteiger partial charge in [0, 0.05) is 0 Å². The van der Waals surface area contributed by atoms with E-state index in [0.717, 1.165) is 0 Å². The molecule has 7 nitrogen and oxygen atoms in total. The van der Waals surface area contributed by atoms with Gasteiger partial charge in [-0.05, 0) is 0 Å². The van der Waals surface area contributed by atoms with Gasteiger partial charge in [0.2, 0.25) is 0 Å². The number of carbonyl (C=O) groups is 1. The summed E-state index contributed by atoms with van der Waals surface area (Å²) in [6.07, 6.45) is -2.07. The van der Waals surface area contributed by atoms with E-state index in [-0.39, 0.29) is 59.1 Å². The van der Waals surface area contributed by atoms with Crippen LogP contribution in [0, 0.1) is 0 Å². The topological polar surface area (TPSA) is 130 Å². The third-order valence-corrected chi connectivity index (χ3v) is 1.14. The molecule has 0 aromatic rings. The minimum atomic E-state index is -4.96. The Balaban J connectivity index is -0.000000500. The zero-order chi connectivity index (χ0) is 9.07. The molecule has 0 heterocycles. The van der Waals surface area contributed by atoms with Gasteiger partial charge in [0.05, 0.1) is 12.6 Å². The van der Waals surface area contributed by atoms with Gasteiger partial charge in [-0.2, -0.15) is 0 Å². The Morgan fingerprint density at radius 1 is 1.54 bits per heavy atom. The first kappa shape index (κ1) is 20.0. The standard InChI is InChI=1S/C3H7O7P.2Na/c4-2(3(5)6)1-10-11(7,8)9;;/h2,4H,1H2,(H,5,6)(H2,7,8,9);;/q;2*+1/p-2. The van der Waals surface area contributed by atoms with E-state index in [9.17, 15) is 19.4 Å². The number of phosphoric acid groups is 1. The van der Waals surface area contributed by atoms with Gasteiger partial charge < -0.3 is 29.3 Å². The molecular formula is C3H5Na2O7P. The molecular weight excluding hydrogens is 225 g/mol. The fraction of sp³-hybridized carbons (Fsp3) is 0.667. The van der Waals surface area contributed by atoms with Crippen molar-refractivity contribution in [2.75, 3.05) is 6.61 Å². The molecule has 2 atom stereocenters. The molecule has 2 N–H and O–H groups in total. The van der Waals surface area contributed by atoms with Gasteiger partial charge in [-0.3, -0.25) is 4.57 Å². The van der Waals surface area contributed by atoms with Crippen molar-refractivity contribution in [3.63, 3.8) is 0 Å². The summed E-state index contributed by atoms with van der Waals surface area (Å²) in [6, 6.07) is 0. The van der Waals surface area contributed by atoms with Gasteiger partial charge in [0.25, 0.3) is 7.82 Å². The predicted octanol–water partition coefficient (Wildman–Crippen LogP) is -9.42. The van der Waals surface area contributed by atoms with Crippen molar-refractivity contribution >= 4 is 13.8 Å². The second-order valence-corrected chi connectivity index (χ2v) is 2.79. The molecule has 0 bridgehead atoms. The van der Waals surface area contributed by atoms with Crippen LogP contribution in [0.1, 0.15) is 0 Å². The summed E-state index contributed by atoms with van der Waals surface area (Å²) in [5.41, 5.74) is 0. The summed E-state index contributed by atoms with van der Waals surface area (Å²) in [4.78, 5) is 27.4. The van der Waals surface area contributed by atoms with Crippen LogP contribution in [0.15, 0.2) is 0 Å². The Morgan fingerprint density at radius 3 is 2.15 bits per heavy atom. The van der Waals surface area contributed by atoms with Gasteiger partial charge in [0.1, 0.15) is 6.10 Å². The maximum absolute atomic E-state index is 9.79. The van der Waals surface area contributed by atoms with Crippen molar-refractivity contribution in [3.8, 4) is 0 Å². The van der Waals surface area contributed by atoms with Crippen molar-refractivity contribution in [2.24, 2.45) is 0 Å². The average molecular weight is 230 g/mol. The summed E-state index contributed by atoms with van der Waals surface area (Å²) in [5.74, 6) is -1.88. The second kappa shape index (κ2) is 8.82. The minimum absolute atomic E-state index is 0. The Hall–Kier alpha value is 1.54. The number of phosphoric ester groups is 1. The molecule has 0 aliphatic rings. The summed E-state index contributed by atoms with van der Waals surface area (Å²) in [5, 5.41) is 18.0. The molecule has 10 heteroatoms. The van der Waals surface area contributed by atoms with E-state index in [1.54, 1.807) is 0 Å². The minimum Gasteiger partial charge on any atom is -0.756 e. The molecule has 0 saturated heterocycles. The first-order valence-corrected chi connectivity index (χ1v) is 3.90. The molecule has 13 heavy (non-hydrogen) atoms. The zero-order valence-corrected chi connectivity index (χ0v) is 12.1. The maximum Gasteiger partial charge on any atom is 1.00 e. The molecule has 0 aromatic heterocycles. The van der Waals surface area contributed by atoms with Gasteiger partial charge >= 0.3 is 59.1 Å². The third-order valence-electron chi connectivity index (χ3n) is 0.668. The smallest absolute Gasteiger partial charge is 0.756 e. The zero-order valence-electron chi connectivity index (χ0n) is 7.17. The van der Waals surface area contributed by atoms with Crippen molar-refractivity contribution < 1.29 is 93.0 Å². The average Bonchev–Trinajstić information content (AvgIpc) is 1.80. The molecule has 66 valence electrons. The van der Waals surface area contributed by atoms with E-state index in [1.165, 1.54) is 0 Å². The summed E-state index contributed by atoms with van der Waals surface area (Å²) < 4.78 is 13.3. The van der Waals surface area contributed by atoms with Crippen LogP contribution < -0.4 is 69.1 Å².